The van der Waals surface area contributed by atoms with Crippen LogP contribution in [0.2, 0.25) is 0 Å². The van der Waals surface area contributed by atoms with Gasteiger partial charge in [-0.15, -0.1) is 0 Å². The van der Waals surface area contributed by atoms with E-state index in [1.807, 2.05) is 6.92 Å². The third-order valence-corrected chi connectivity index (χ3v) is 3.24. The highest BCUT2D eigenvalue weighted by molar-refractivity contribution is 5.82. The van der Waals surface area contributed by atoms with Crippen LogP contribution in [-0.4, -0.2) is 74.1 Å². The summed E-state index contributed by atoms with van der Waals surface area (Å²) in [6.45, 7) is 6.38. The standard InChI is InChI=1S/C14H25NO6/c1-3-19-6-4-5-15(9-11(2)14(17)18)13(16)12-10-20-7-8-21-12/h11-12H,3-10H2,1-2H3,(H,17,18). The van der Waals surface area contributed by atoms with E-state index < -0.39 is 18.0 Å². The zero-order valence-corrected chi connectivity index (χ0v) is 12.7. The number of carbonyl (C=O) groups is 2. The summed E-state index contributed by atoms with van der Waals surface area (Å²) in [7, 11) is 0. The van der Waals surface area contributed by atoms with Crippen molar-refractivity contribution in [3.8, 4) is 0 Å². The van der Waals surface area contributed by atoms with Crippen LogP contribution in [0, 0.1) is 5.92 Å². The van der Waals surface area contributed by atoms with Gasteiger partial charge in [0, 0.05) is 26.3 Å². The Morgan fingerprint density at radius 1 is 1.43 bits per heavy atom. The number of rotatable bonds is 9. The van der Waals surface area contributed by atoms with Crippen molar-refractivity contribution in [3.05, 3.63) is 0 Å². The monoisotopic (exact) mass is 303 g/mol. The molecule has 2 unspecified atom stereocenters. The first-order chi connectivity index (χ1) is 10.1. The minimum absolute atomic E-state index is 0.167. The summed E-state index contributed by atoms with van der Waals surface area (Å²) in [5.41, 5.74) is 0. The van der Waals surface area contributed by atoms with Crippen molar-refractivity contribution < 1.29 is 28.9 Å². The molecule has 0 aromatic carbocycles. The van der Waals surface area contributed by atoms with Crippen molar-refractivity contribution in [2.45, 2.75) is 26.4 Å². The van der Waals surface area contributed by atoms with Crippen LogP contribution >= 0.6 is 0 Å². The molecular formula is C14H25NO6. The molecule has 1 heterocycles. The number of carbonyl (C=O) groups excluding carboxylic acids is 1. The van der Waals surface area contributed by atoms with Crippen molar-refractivity contribution >= 4 is 11.9 Å². The summed E-state index contributed by atoms with van der Waals surface area (Å²) < 4.78 is 15.9. The number of aliphatic carboxylic acids is 1. The molecule has 0 radical (unpaired) electrons. The summed E-state index contributed by atoms with van der Waals surface area (Å²) in [6.07, 6.45) is 0.0336. The number of nitrogens with zero attached hydrogens (tertiary/aromatic N) is 1. The summed E-state index contributed by atoms with van der Waals surface area (Å²) in [5.74, 6) is -1.75. The van der Waals surface area contributed by atoms with Gasteiger partial charge in [0.1, 0.15) is 0 Å². The van der Waals surface area contributed by atoms with E-state index in [1.54, 1.807) is 6.92 Å². The quantitative estimate of drug-likeness (QED) is 0.620. The average Bonchev–Trinajstić information content (AvgIpc) is 2.50. The van der Waals surface area contributed by atoms with E-state index in [1.165, 1.54) is 4.90 Å². The lowest BCUT2D eigenvalue weighted by Crippen LogP contribution is -2.47. The van der Waals surface area contributed by atoms with E-state index in [0.717, 1.165) is 0 Å². The predicted molar refractivity (Wildman–Crippen MR) is 75.0 cm³/mol. The van der Waals surface area contributed by atoms with Crippen LogP contribution in [0.4, 0.5) is 0 Å². The highest BCUT2D eigenvalue weighted by Gasteiger charge is 2.29. The van der Waals surface area contributed by atoms with Gasteiger partial charge in [0.2, 0.25) is 0 Å². The molecule has 1 rings (SSSR count). The summed E-state index contributed by atoms with van der Waals surface area (Å²) in [6, 6.07) is 0. The zero-order chi connectivity index (χ0) is 15.7. The number of hydrogen-bond acceptors (Lipinski definition) is 5. The fraction of sp³-hybridized carbons (Fsp3) is 0.857. The molecule has 21 heavy (non-hydrogen) atoms. The number of carboxylic acids is 1. The molecule has 0 aliphatic carbocycles. The van der Waals surface area contributed by atoms with E-state index in [0.29, 0.717) is 39.4 Å². The van der Waals surface area contributed by atoms with Gasteiger partial charge in [-0.1, -0.05) is 6.92 Å². The van der Waals surface area contributed by atoms with Gasteiger partial charge in [0.25, 0.3) is 5.91 Å². The van der Waals surface area contributed by atoms with Gasteiger partial charge in [-0.2, -0.15) is 0 Å². The van der Waals surface area contributed by atoms with Crippen molar-refractivity contribution in [3.63, 3.8) is 0 Å². The van der Waals surface area contributed by atoms with Gasteiger partial charge in [0.15, 0.2) is 6.10 Å². The first kappa shape index (κ1) is 17.9. The molecule has 1 aliphatic rings. The van der Waals surface area contributed by atoms with Crippen LogP contribution in [0.25, 0.3) is 0 Å². The number of ether oxygens (including phenoxy) is 3. The Balaban J connectivity index is 2.55. The molecule has 0 aromatic heterocycles. The molecule has 1 amide bonds. The van der Waals surface area contributed by atoms with Gasteiger partial charge >= 0.3 is 5.97 Å². The zero-order valence-electron chi connectivity index (χ0n) is 12.7. The van der Waals surface area contributed by atoms with E-state index in [-0.39, 0.29) is 19.1 Å². The largest absolute Gasteiger partial charge is 0.481 e. The number of hydrogen-bond donors (Lipinski definition) is 1. The normalized spacial score (nSPS) is 20.0. The van der Waals surface area contributed by atoms with Crippen molar-refractivity contribution in [2.24, 2.45) is 5.92 Å². The fourth-order valence-electron chi connectivity index (χ4n) is 2.04. The second-order valence-electron chi connectivity index (χ2n) is 5.01. The Labute approximate surface area is 125 Å². The van der Waals surface area contributed by atoms with E-state index >= 15 is 0 Å². The Bertz CT molecular complexity index is 329. The molecule has 0 bridgehead atoms. The van der Waals surface area contributed by atoms with Gasteiger partial charge in [-0.25, -0.2) is 0 Å². The van der Waals surface area contributed by atoms with Crippen molar-refractivity contribution in [1.29, 1.82) is 0 Å². The average molecular weight is 303 g/mol. The molecule has 0 saturated carbocycles. The van der Waals surface area contributed by atoms with Crippen LogP contribution in [-0.2, 0) is 23.8 Å². The molecule has 0 spiro atoms. The molecule has 1 saturated heterocycles. The molecule has 1 N–H and O–H groups in total. The first-order valence-corrected chi connectivity index (χ1v) is 7.35. The van der Waals surface area contributed by atoms with E-state index in [2.05, 4.69) is 0 Å². The van der Waals surface area contributed by atoms with Gasteiger partial charge in [-0.3, -0.25) is 9.59 Å². The first-order valence-electron chi connectivity index (χ1n) is 7.35. The highest BCUT2D eigenvalue weighted by atomic mass is 16.6. The second kappa shape index (κ2) is 9.70. The third-order valence-electron chi connectivity index (χ3n) is 3.24. The minimum Gasteiger partial charge on any atom is -0.481 e. The smallest absolute Gasteiger partial charge is 0.308 e. The molecular weight excluding hydrogens is 278 g/mol. The lowest BCUT2D eigenvalue weighted by molar-refractivity contribution is -0.159. The van der Waals surface area contributed by atoms with Crippen LogP contribution in [0.5, 0.6) is 0 Å². The van der Waals surface area contributed by atoms with Crippen LogP contribution < -0.4 is 0 Å². The van der Waals surface area contributed by atoms with E-state index in [4.69, 9.17) is 19.3 Å². The lowest BCUT2D eigenvalue weighted by atomic mass is 10.1. The number of carboxylic acid groups (broad SMARTS) is 1. The Hall–Kier alpha value is -1.18. The topological polar surface area (TPSA) is 85.3 Å². The summed E-state index contributed by atoms with van der Waals surface area (Å²) >= 11 is 0. The summed E-state index contributed by atoms with van der Waals surface area (Å²) in [5, 5.41) is 9.01. The van der Waals surface area contributed by atoms with Gasteiger partial charge in [-0.05, 0) is 13.3 Å². The minimum atomic E-state index is -0.918. The van der Waals surface area contributed by atoms with Crippen LogP contribution in [0.15, 0.2) is 0 Å². The van der Waals surface area contributed by atoms with E-state index in [9.17, 15) is 9.59 Å². The van der Waals surface area contributed by atoms with Gasteiger partial charge in [0.05, 0.1) is 25.7 Å². The molecule has 7 heteroatoms. The third kappa shape index (κ3) is 6.41. The second-order valence-corrected chi connectivity index (χ2v) is 5.01. The maximum Gasteiger partial charge on any atom is 0.308 e. The highest BCUT2D eigenvalue weighted by Crippen LogP contribution is 2.09. The summed E-state index contributed by atoms with van der Waals surface area (Å²) in [4.78, 5) is 24.9. The maximum absolute atomic E-state index is 12.4. The molecule has 2 atom stereocenters. The van der Waals surface area contributed by atoms with Gasteiger partial charge < -0.3 is 24.2 Å². The van der Waals surface area contributed by atoms with Crippen LogP contribution in [0.3, 0.4) is 0 Å². The van der Waals surface area contributed by atoms with Crippen molar-refractivity contribution in [2.75, 3.05) is 46.1 Å². The molecule has 122 valence electrons. The number of amides is 1. The SMILES string of the molecule is CCOCCCN(CC(C)C(=O)O)C(=O)C1COCCO1. The molecule has 0 aromatic rings. The van der Waals surface area contributed by atoms with Crippen LogP contribution in [0.1, 0.15) is 20.3 Å². The molecule has 1 fully saturated rings. The Kier molecular flexibility index (Phi) is 8.26. The Morgan fingerprint density at radius 2 is 2.19 bits per heavy atom. The molecule has 7 nitrogen and oxygen atoms in total. The van der Waals surface area contributed by atoms with Crippen molar-refractivity contribution in [1.82, 2.24) is 4.90 Å². The molecule has 1 aliphatic heterocycles. The fourth-order valence-corrected chi connectivity index (χ4v) is 2.04. The Morgan fingerprint density at radius 3 is 2.76 bits per heavy atom. The predicted octanol–water partition coefficient (Wildman–Crippen LogP) is 0.378. The lowest BCUT2D eigenvalue weighted by Gasteiger charge is -2.30. The maximum atomic E-state index is 12.4.